The maximum atomic E-state index is 11.3. The Morgan fingerprint density at radius 1 is 1.47 bits per heavy atom. The fourth-order valence-corrected chi connectivity index (χ4v) is 1.39. The van der Waals surface area contributed by atoms with Crippen LogP contribution in [0.2, 0.25) is 0 Å². The lowest BCUT2D eigenvalue weighted by Gasteiger charge is -2.11. The molecule has 1 rings (SSSR count). The molecule has 17 heavy (non-hydrogen) atoms. The molecule has 0 saturated carbocycles. The van der Waals surface area contributed by atoms with Crippen LogP contribution in [-0.4, -0.2) is 25.7 Å². The second-order valence-electron chi connectivity index (χ2n) is 3.41. The van der Waals surface area contributed by atoms with Crippen LogP contribution in [0.3, 0.4) is 0 Å². The number of methoxy groups -OCH3 is 1. The highest BCUT2D eigenvalue weighted by Gasteiger charge is 2.15. The average molecular weight is 260 g/mol. The van der Waals surface area contributed by atoms with E-state index in [4.69, 9.17) is 15.2 Å². The van der Waals surface area contributed by atoms with Crippen LogP contribution < -0.4 is 10.5 Å². The Morgan fingerprint density at radius 2 is 2.18 bits per heavy atom. The van der Waals surface area contributed by atoms with Crippen molar-refractivity contribution in [3.63, 3.8) is 0 Å². The highest BCUT2D eigenvalue weighted by atomic mass is 35.5. The van der Waals surface area contributed by atoms with Crippen LogP contribution in [-0.2, 0) is 16.0 Å². The van der Waals surface area contributed by atoms with Crippen molar-refractivity contribution in [2.75, 3.05) is 13.7 Å². The molecule has 4 nitrogen and oxygen atoms in total. The number of rotatable bonds is 5. The second-order valence-corrected chi connectivity index (χ2v) is 3.41. The van der Waals surface area contributed by atoms with E-state index in [0.29, 0.717) is 13.0 Å². The molecule has 1 aromatic rings. The van der Waals surface area contributed by atoms with Crippen molar-refractivity contribution in [1.82, 2.24) is 0 Å². The van der Waals surface area contributed by atoms with E-state index in [1.54, 1.807) is 14.0 Å². The van der Waals surface area contributed by atoms with Crippen molar-refractivity contribution < 1.29 is 14.3 Å². The Morgan fingerprint density at radius 3 is 2.76 bits per heavy atom. The molecule has 0 saturated heterocycles. The molecule has 5 heteroatoms. The normalized spacial score (nSPS) is 11.2. The lowest BCUT2D eigenvalue weighted by atomic mass is 10.1. The first kappa shape index (κ1) is 15.7. The van der Waals surface area contributed by atoms with E-state index in [2.05, 4.69) is 0 Å². The summed E-state index contributed by atoms with van der Waals surface area (Å²) in [5, 5.41) is 0. The Bertz CT molecular complexity index is 357. The van der Waals surface area contributed by atoms with E-state index in [0.717, 1.165) is 11.3 Å². The van der Waals surface area contributed by atoms with Crippen LogP contribution >= 0.6 is 12.4 Å². The fraction of sp³-hybridized carbons (Fsp3) is 0.417. The van der Waals surface area contributed by atoms with E-state index in [-0.39, 0.29) is 18.4 Å². The molecule has 0 aliphatic rings. The summed E-state index contributed by atoms with van der Waals surface area (Å²) in [7, 11) is 1.60. The van der Waals surface area contributed by atoms with E-state index in [1.165, 1.54) is 0 Å². The predicted molar refractivity (Wildman–Crippen MR) is 68.6 cm³/mol. The number of carbonyl (C=O) groups is 1. The first-order chi connectivity index (χ1) is 7.67. The Kier molecular flexibility index (Phi) is 7.34. The molecule has 2 N–H and O–H groups in total. The summed E-state index contributed by atoms with van der Waals surface area (Å²) >= 11 is 0. The molecule has 0 bridgehead atoms. The number of hydrogen-bond acceptors (Lipinski definition) is 4. The van der Waals surface area contributed by atoms with Gasteiger partial charge in [0.25, 0.3) is 0 Å². The largest absolute Gasteiger partial charge is 0.497 e. The first-order valence-electron chi connectivity index (χ1n) is 5.22. The van der Waals surface area contributed by atoms with Crippen molar-refractivity contribution in [2.24, 2.45) is 5.73 Å². The highest BCUT2D eigenvalue weighted by Crippen LogP contribution is 2.13. The molecule has 0 amide bonds. The van der Waals surface area contributed by atoms with E-state index in [1.807, 2.05) is 24.3 Å². The standard InChI is InChI=1S/C12H17NO3.ClH/c1-3-16-12(14)11(13)8-9-5-4-6-10(7-9)15-2;/h4-7,11H,3,8,13H2,1-2H3;1H. The molecule has 0 fully saturated rings. The zero-order chi connectivity index (χ0) is 12.0. The van der Waals surface area contributed by atoms with Gasteiger partial charge in [-0.1, -0.05) is 12.1 Å². The van der Waals surface area contributed by atoms with Crippen molar-refractivity contribution in [3.8, 4) is 5.75 Å². The lowest BCUT2D eigenvalue weighted by molar-refractivity contribution is -0.144. The van der Waals surface area contributed by atoms with Crippen LogP contribution in [0, 0.1) is 0 Å². The molecular formula is C12H18ClNO3. The van der Waals surface area contributed by atoms with Crippen LogP contribution in [0.15, 0.2) is 24.3 Å². The SMILES string of the molecule is CCOC(=O)C(N)Cc1cccc(OC)c1.Cl. The molecule has 0 radical (unpaired) electrons. The summed E-state index contributed by atoms with van der Waals surface area (Å²) < 4.78 is 9.92. The monoisotopic (exact) mass is 259 g/mol. The third kappa shape index (κ3) is 5.06. The van der Waals surface area contributed by atoms with Gasteiger partial charge in [-0.2, -0.15) is 0 Å². The summed E-state index contributed by atoms with van der Waals surface area (Å²) in [5.74, 6) is 0.388. The van der Waals surface area contributed by atoms with Gasteiger partial charge >= 0.3 is 5.97 Å². The molecule has 0 aliphatic carbocycles. The number of esters is 1. The summed E-state index contributed by atoms with van der Waals surface area (Å²) in [5.41, 5.74) is 6.67. The van der Waals surface area contributed by atoms with E-state index in [9.17, 15) is 4.79 Å². The number of ether oxygens (including phenoxy) is 2. The van der Waals surface area contributed by atoms with E-state index < -0.39 is 6.04 Å². The molecular weight excluding hydrogens is 242 g/mol. The van der Waals surface area contributed by atoms with Crippen molar-refractivity contribution in [3.05, 3.63) is 29.8 Å². The maximum Gasteiger partial charge on any atom is 0.323 e. The topological polar surface area (TPSA) is 61.5 Å². The zero-order valence-corrected chi connectivity index (χ0v) is 10.8. The molecule has 1 aromatic carbocycles. The van der Waals surface area contributed by atoms with Crippen LogP contribution in [0.1, 0.15) is 12.5 Å². The van der Waals surface area contributed by atoms with Gasteiger partial charge in [-0.15, -0.1) is 12.4 Å². The molecule has 0 heterocycles. The summed E-state index contributed by atoms with van der Waals surface area (Å²) in [6.07, 6.45) is 0.454. The van der Waals surface area contributed by atoms with Gasteiger partial charge < -0.3 is 15.2 Å². The number of halogens is 1. The van der Waals surface area contributed by atoms with Gasteiger partial charge in [-0.3, -0.25) is 4.79 Å². The lowest BCUT2D eigenvalue weighted by Crippen LogP contribution is -2.34. The zero-order valence-electron chi connectivity index (χ0n) is 10.0. The maximum absolute atomic E-state index is 11.3. The Hall–Kier alpha value is -1.26. The van der Waals surface area contributed by atoms with Gasteiger partial charge in [0.2, 0.25) is 0 Å². The third-order valence-corrected chi connectivity index (χ3v) is 2.18. The minimum absolute atomic E-state index is 0. The molecule has 96 valence electrons. The molecule has 1 unspecified atom stereocenters. The molecule has 0 aliphatic heterocycles. The molecule has 0 aromatic heterocycles. The number of benzene rings is 1. The Balaban J connectivity index is 0.00000256. The average Bonchev–Trinajstić information content (AvgIpc) is 2.29. The van der Waals surface area contributed by atoms with Crippen LogP contribution in [0.5, 0.6) is 5.75 Å². The van der Waals surface area contributed by atoms with Gasteiger partial charge in [0, 0.05) is 0 Å². The van der Waals surface area contributed by atoms with Crippen molar-refractivity contribution >= 4 is 18.4 Å². The van der Waals surface area contributed by atoms with Crippen LogP contribution in [0.4, 0.5) is 0 Å². The Labute approximate surface area is 108 Å². The van der Waals surface area contributed by atoms with Gasteiger partial charge in [0.05, 0.1) is 13.7 Å². The summed E-state index contributed by atoms with van der Waals surface area (Å²) in [4.78, 5) is 11.3. The molecule has 1 atom stereocenters. The highest BCUT2D eigenvalue weighted by molar-refractivity contribution is 5.85. The van der Waals surface area contributed by atoms with E-state index >= 15 is 0 Å². The van der Waals surface area contributed by atoms with Crippen LogP contribution in [0.25, 0.3) is 0 Å². The van der Waals surface area contributed by atoms with Gasteiger partial charge in [-0.25, -0.2) is 0 Å². The van der Waals surface area contributed by atoms with Crippen molar-refractivity contribution in [1.29, 1.82) is 0 Å². The quantitative estimate of drug-likeness (QED) is 0.815. The minimum atomic E-state index is -0.618. The summed E-state index contributed by atoms with van der Waals surface area (Å²) in [6.45, 7) is 2.11. The number of hydrogen-bond donors (Lipinski definition) is 1. The second kappa shape index (κ2) is 7.92. The smallest absolute Gasteiger partial charge is 0.323 e. The number of nitrogens with two attached hydrogens (primary N) is 1. The molecule has 0 spiro atoms. The van der Waals surface area contributed by atoms with Gasteiger partial charge in [0.1, 0.15) is 11.8 Å². The van der Waals surface area contributed by atoms with Gasteiger partial charge in [-0.05, 0) is 31.0 Å². The summed E-state index contributed by atoms with van der Waals surface area (Å²) in [6, 6.07) is 6.86. The first-order valence-corrected chi connectivity index (χ1v) is 5.22. The number of carbonyl (C=O) groups excluding carboxylic acids is 1. The minimum Gasteiger partial charge on any atom is -0.497 e. The van der Waals surface area contributed by atoms with Crippen molar-refractivity contribution in [2.45, 2.75) is 19.4 Å². The van der Waals surface area contributed by atoms with Gasteiger partial charge in [0.15, 0.2) is 0 Å². The predicted octanol–water partition coefficient (Wildman–Crippen LogP) is 1.55. The third-order valence-electron chi connectivity index (χ3n) is 2.18. The fourth-order valence-electron chi connectivity index (χ4n) is 1.39.